The number of rotatable bonds is 6. The lowest BCUT2D eigenvalue weighted by Crippen LogP contribution is -2.17. The van der Waals surface area contributed by atoms with Gasteiger partial charge < -0.3 is 5.32 Å². The van der Waals surface area contributed by atoms with Gasteiger partial charge in [-0.3, -0.25) is 4.98 Å². The highest BCUT2D eigenvalue weighted by Gasteiger charge is 2.11. The number of aromatic nitrogens is 1. The minimum absolute atomic E-state index is 0.141. The molecule has 1 heterocycles. The molecule has 96 valence electrons. The molecule has 0 aromatic carbocycles. The summed E-state index contributed by atoms with van der Waals surface area (Å²) in [5.41, 5.74) is 1.07. The predicted molar refractivity (Wildman–Crippen MR) is 72.7 cm³/mol. The van der Waals surface area contributed by atoms with Crippen molar-refractivity contribution < 1.29 is 8.42 Å². The highest BCUT2D eigenvalue weighted by atomic mass is 79.9. The lowest BCUT2D eigenvalue weighted by Gasteiger charge is -2.16. The summed E-state index contributed by atoms with van der Waals surface area (Å²) >= 11 is 3.37. The van der Waals surface area contributed by atoms with Gasteiger partial charge in [0.05, 0.1) is 0 Å². The number of nitrogens with zero attached hydrogens (tertiary/aromatic N) is 1. The van der Waals surface area contributed by atoms with Gasteiger partial charge in [-0.15, -0.1) is 0 Å². The van der Waals surface area contributed by atoms with E-state index >= 15 is 0 Å². The zero-order valence-corrected chi connectivity index (χ0v) is 12.4. The topological polar surface area (TPSA) is 59.1 Å². The first-order chi connectivity index (χ1) is 7.92. The van der Waals surface area contributed by atoms with Crippen LogP contribution < -0.4 is 5.32 Å². The van der Waals surface area contributed by atoms with Gasteiger partial charge in [0.25, 0.3) is 0 Å². The van der Waals surface area contributed by atoms with E-state index in [1.54, 1.807) is 12.4 Å². The van der Waals surface area contributed by atoms with Gasteiger partial charge in [-0.05, 0) is 47.4 Å². The fourth-order valence-corrected chi connectivity index (χ4v) is 2.72. The van der Waals surface area contributed by atoms with Crippen molar-refractivity contribution in [1.82, 2.24) is 10.3 Å². The van der Waals surface area contributed by atoms with Gasteiger partial charge in [0, 0.05) is 34.9 Å². The Hall–Kier alpha value is -0.460. The maximum atomic E-state index is 11.1. The molecular formula is C11H17BrN2O2S. The zero-order valence-electron chi connectivity index (χ0n) is 9.98. The van der Waals surface area contributed by atoms with E-state index in [1.165, 1.54) is 6.26 Å². The summed E-state index contributed by atoms with van der Waals surface area (Å²) in [5, 5.41) is 3.18. The first-order valence-electron chi connectivity index (χ1n) is 5.38. The third-order valence-corrected chi connectivity index (χ3v) is 3.95. The molecule has 1 aromatic heterocycles. The van der Waals surface area contributed by atoms with Crippen LogP contribution in [0, 0.1) is 0 Å². The highest BCUT2D eigenvalue weighted by Crippen LogP contribution is 2.20. The molecule has 1 N–H and O–H groups in total. The van der Waals surface area contributed by atoms with Gasteiger partial charge in [-0.2, -0.15) is 0 Å². The van der Waals surface area contributed by atoms with Gasteiger partial charge in [0.1, 0.15) is 9.84 Å². The normalized spacial score (nSPS) is 13.6. The summed E-state index contributed by atoms with van der Waals surface area (Å²) in [6.45, 7) is 0. The summed E-state index contributed by atoms with van der Waals surface area (Å²) in [6, 6.07) is 2.14. The Morgan fingerprint density at radius 2 is 2.18 bits per heavy atom. The second kappa shape index (κ2) is 6.47. The lowest BCUT2D eigenvalue weighted by molar-refractivity contribution is 0.534. The monoisotopic (exact) mass is 320 g/mol. The molecule has 0 saturated carbocycles. The van der Waals surface area contributed by atoms with E-state index in [0.717, 1.165) is 16.5 Å². The molecule has 1 unspecified atom stereocenters. The smallest absolute Gasteiger partial charge is 0.147 e. The number of hydrogen-bond acceptors (Lipinski definition) is 4. The van der Waals surface area contributed by atoms with Crippen LogP contribution in [0.4, 0.5) is 0 Å². The second-order valence-corrected chi connectivity index (χ2v) is 7.23. The first kappa shape index (κ1) is 14.6. The van der Waals surface area contributed by atoms with Gasteiger partial charge in [0.15, 0.2) is 0 Å². The summed E-state index contributed by atoms with van der Waals surface area (Å²) in [6.07, 6.45) is 6.22. The largest absolute Gasteiger partial charge is 0.313 e. The molecule has 0 radical (unpaired) electrons. The Labute approximate surface area is 111 Å². The predicted octanol–water partition coefficient (Wildman–Crippen LogP) is 1.93. The van der Waals surface area contributed by atoms with E-state index in [1.807, 2.05) is 13.1 Å². The van der Waals surface area contributed by atoms with E-state index in [4.69, 9.17) is 0 Å². The molecule has 0 amide bonds. The number of nitrogens with one attached hydrogen (secondary N) is 1. The molecule has 0 bridgehead atoms. The Bertz CT molecular complexity index is 462. The molecule has 1 aromatic rings. The highest BCUT2D eigenvalue weighted by molar-refractivity contribution is 9.10. The quantitative estimate of drug-likeness (QED) is 0.870. The number of hydrogen-bond donors (Lipinski definition) is 1. The van der Waals surface area contributed by atoms with Crippen LogP contribution in [0.3, 0.4) is 0 Å². The van der Waals surface area contributed by atoms with Crippen molar-refractivity contribution in [2.24, 2.45) is 0 Å². The molecular weight excluding hydrogens is 304 g/mol. The maximum absolute atomic E-state index is 11.1. The van der Waals surface area contributed by atoms with Crippen LogP contribution in [-0.4, -0.2) is 32.5 Å². The van der Waals surface area contributed by atoms with E-state index in [2.05, 4.69) is 26.2 Å². The van der Waals surface area contributed by atoms with Gasteiger partial charge >= 0.3 is 0 Å². The van der Waals surface area contributed by atoms with Crippen LogP contribution in [0.15, 0.2) is 22.9 Å². The number of pyridine rings is 1. The van der Waals surface area contributed by atoms with E-state index in [-0.39, 0.29) is 11.8 Å². The van der Waals surface area contributed by atoms with Crippen molar-refractivity contribution in [2.45, 2.75) is 18.9 Å². The minimum Gasteiger partial charge on any atom is -0.313 e. The number of sulfone groups is 1. The standard InChI is InChI=1S/C11H17BrN2O2S/c1-13-11(4-3-5-17(2,15)16)9-6-10(12)8-14-7-9/h6-8,11,13H,3-5H2,1-2H3. The molecule has 1 atom stereocenters. The third kappa shape index (κ3) is 5.61. The zero-order chi connectivity index (χ0) is 12.9. The SMILES string of the molecule is CNC(CCCS(C)(=O)=O)c1cncc(Br)c1. The van der Waals surface area contributed by atoms with Crippen molar-refractivity contribution in [3.8, 4) is 0 Å². The molecule has 6 heteroatoms. The molecule has 0 spiro atoms. The van der Waals surface area contributed by atoms with Gasteiger partial charge in [-0.1, -0.05) is 0 Å². The van der Waals surface area contributed by atoms with Crippen LogP contribution in [0.5, 0.6) is 0 Å². The summed E-state index contributed by atoms with van der Waals surface area (Å²) < 4.78 is 23.0. The third-order valence-electron chi connectivity index (χ3n) is 2.48. The van der Waals surface area contributed by atoms with Gasteiger partial charge in [0.2, 0.25) is 0 Å². The van der Waals surface area contributed by atoms with Crippen molar-refractivity contribution in [3.05, 3.63) is 28.5 Å². The molecule has 0 fully saturated rings. The van der Waals surface area contributed by atoms with Crippen LogP contribution in [0.2, 0.25) is 0 Å². The molecule has 0 aliphatic heterocycles. The van der Waals surface area contributed by atoms with Crippen LogP contribution >= 0.6 is 15.9 Å². The van der Waals surface area contributed by atoms with Crippen LogP contribution in [0.1, 0.15) is 24.4 Å². The molecule has 4 nitrogen and oxygen atoms in total. The molecule has 17 heavy (non-hydrogen) atoms. The van der Waals surface area contributed by atoms with Crippen molar-refractivity contribution >= 4 is 25.8 Å². The Morgan fingerprint density at radius 1 is 1.47 bits per heavy atom. The molecule has 0 saturated heterocycles. The average molecular weight is 321 g/mol. The van der Waals surface area contributed by atoms with Crippen LogP contribution in [0.25, 0.3) is 0 Å². The molecule has 0 aliphatic carbocycles. The minimum atomic E-state index is -2.87. The Balaban J connectivity index is 2.60. The molecule has 0 aliphatic rings. The van der Waals surface area contributed by atoms with Crippen molar-refractivity contribution in [1.29, 1.82) is 0 Å². The van der Waals surface area contributed by atoms with Gasteiger partial charge in [-0.25, -0.2) is 8.42 Å². The van der Waals surface area contributed by atoms with Crippen LogP contribution in [-0.2, 0) is 9.84 Å². The maximum Gasteiger partial charge on any atom is 0.147 e. The average Bonchev–Trinajstić information content (AvgIpc) is 2.23. The summed E-state index contributed by atoms with van der Waals surface area (Å²) in [7, 11) is -1.00. The lowest BCUT2D eigenvalue weighted by atomic mass is 10.1. The van der Waals surface area contributed by atoms with E-state index < -0.39 is 9.84 Å². The summed E-state index contributed by atoms with van der Waals surface area (Å²) in [5.74, 6) is 0.229. The first-order valence-corrected chi connectivity index (χ1v) is 8.23. The fraction of sp³-hybridized carbons (Fsp3) is 0.545. The fourth-order valence-electron chi connectivity index (χ4n) is 1.65. The van der Waals surface area contributed by atoms with E-state index in [9.17, 15) is 8.42 Å². The van der Waals surface area contributed by atoms with Crippen molar-refractivity contribution in [2.75, 3.05) is 19.1 Å². The Morgan fingerprint density at radius 3 is 2.71 bits per heavy atom. The van der Waals surface area contributed by atoms with E-state index in [0.29, 0.717) is 6.42 Å². The Kier molecular flexibility index (Phi) is 5.55. The summed E-state index contributed by atoms with van der Waals surface area (Å²) in [4.78, 5) is 4.10. The second-order valence-electron chi connectivity index (χ2n) is 4.05. The van der Waals surface area contributed by atoms with Crippen molar-refractivity contribution in [3.63, 3.8) is 0 Å². The number of halogens is 1. The molecule has 1 rings (SSSR count).